The molecule has 0 aromatic heterocycles. The van der Waals surface area contributed by atoms with Gasteiger partial charge in [0.15, 0.2) is 0 Å². The van der Waals surface area contributed by atoms with Crippen LogP contribution in [0.3, 0.4) is 0 Å². The third-order valence-electron chi connectivity index (χ3n) is 4.99. The number of carbonyl (C=O) groups is 3. The summed E-state index contributed by atoms with van der Waals surface area (Å²) in [5, 5.41) is 2.87. The minimum Gasteiger partial charge on any atom is -0.365 e. The first-order valence-corrected chi connectivity index (χ1v) is 9.62. The Morgan fingerprint density at radius 2 is 1.93 bits per heavy atom. The minimum absolute atomic E-state index is 0.00996. The quantitative estimate of drug-likeness (QED) is 0.644. The number of amides is 3. The predicted molar refractivity (Wildman–Crippen MR) is 99.6 cm³/mol. The molecule has 3 amide bonds. The van der Waals surface area contributed by atoms with Gasteiger partial charge in [-0.15, -0.1) is 0 Å². The van der Waals surface area contributed by atoms with Crippen LogP contribution in [0.1, 0.15) is 41.0 Å². The van der Waals surface area contributed by atoms with Gasteiger partial charge in [-0.2, -0.15) is 0 Å². The predicted octanol–water partition coefficient (Wildman–Crippen LogP) is -0.271. The van der Waals surface area contributed by atoms with Crippen molar-refractivity contribution in [1.82, 2.24) is 10.2 Å². The molecule has 146 valence electrons. The fourth-order valence-corrected chi connectivity index (χ4v) is 3.72. The number of hydrogen-bond acceptors (Lipinski definition) is 4. The molecule has 2 heterocycles. The summed E-state index contributed by atoms with van der Waals surface area (Å²) in [5.41, 5.74) is 0.818. The maximum Gasteiger partial charge on any atom is 0.261 e. The number of hydrogen-bond donors (Lipinski definition) is 2. The van der Waals surface area contributed by atoms with E-state index in [2.05, 4.69) is 19.2 Å². The van der Waals surface area contributed by atoms with Crippen molar-refractivity contribution >= 4 is 17.7 Å². The zero-order valence-electron chi connectivity index (χ0n) is 16.0. The van der Waals surface area contributed by atoms with Crippen LogP contribution in [0.5, 0.6) is 0 Å². The fourth-order valence-electron chi connectivity index (χ4n) is 3.72. The van der Waals surface area contributed by atoms with Crippen LogP contribution in [0.25, 0.3) is 0 Å². The highest BCUT2D eigenvalue weighted by atomic mass is 16.5. The minimum atomic E-state index is -0.327. The largest absolute Gasteiger partial charge is 0.365 e. The molecule has 2 atom stereocenters. The van der Waals surface area contributed by atoms with Crippen LogP contribution < -0.4 is 10.2 Å². The van der Waals surface area contributed by atoms with E-state index in [0.717, 1.165) is 24.5 Å². The molecule has 1 unspecified atom stereocenters. The molecule has 7 nitrogen and oxygen atoms in total. The van der Waals surface area contributed by atoms with E-state index in [1.54, 1.807) is 24.3 Å². The molecule has 0 saturated carbocycles. The van der Waals surface area contributed by atoms with Gasteiger partial charge in [0.05, 0.1) is 24.3 Å². The molecular formula is C20H28N3O4+. The highest BCUT2D eigenvalue weighted by Gasteiger charge is 2.35. The second-order valence-corrected chi connectivity index (χ2v) is 7.66. The number of morpholine rings is 1. The summed E-state index contributed by atoms with van der Waals surface area (Å²) in [6.07, 6.45) is 0.108. The fraction of sp³-hybridized carbons (Fsp3) is 0.550. The van der Waals surface area contributed by atoms with Gasteiger partial charge in [0, 0.05) is 25.4 Å². The van der Waals surface area contributed by atoms with Crippen molar-refractivity contribution in [2.75, 3.05) is 39.3 Å². The van der Waals surface area contributed by atoms with E-state index in [4.69, 9.17) is 4.74 Å². The standard InChI is InChI=1S/C20H27N3O4/c1-14(2)12-22-9-10-27-15(13-22)11-21-18(24)7-8-23-19(25)16-5-3-4-6-17(16)20(23)26/h3-6,14-15H,7-13H2,1-2H3,(H,21,24)/p+1/t15-/m0/s1. The lowest BCUT2D eigenvalue weighted by atomic mass is 10.1. The van der Waals surface area contributed by atoms with E-state index in [0.29, 0.717) is 30.2 Å². The Labute approximate surface area is 159 Å². The molecule has 0 bridgehead atoms. The topological polar surface area (TPSA) is 80.2 Å². The normalized spacial score (nSPS) is 22.3. The maximum absolute atomic E-state index is 12.3. The third-order valence-corrected chi connectivity index (χ3v) is 4.99. The Bertz CT molecular complexity index is 684. The summed E-state index contributed by atoms with van der Waals surface area (Å²) in [6.45, 7) is 8.67. The maximum atomic E-state index is 12.3. The van der Waals surface area contributed by atoms with Crippen molar-refractivity contribution in [2.45, 2.75) is 26.4 Å². The molecule has 2 N–H and O–H groups in total. The SMILES string of the molecule is CC(C)C[NH+]1CCO[C@@H](CNC(=O)CCN2C(=O)c3ccccc3C2=O)C1. The summed E-state index contributed by atoms with van der Waals surface area (Å²) in [6, 6.07) is 6.74. The summed E-state index contributed by atoms with van der Waals surface area (Å²) >= 11 is 0. The van der Waals surface area contributed by atoms with Crippen LogP contribution in [-0.4, -0.2) is 68.1 Å². The Morgan fingerprint density at radius 1 is 1.26 bits per heavy atom. The smallest absolute Gasteiger partial charge is 0.261 e. The van der Waals surface area contributed by atoms with Crippen molar-refractivity contribution in [3.8, 4) is 0 Å². The van der Waals surface area contributed by atoms with Gasteiger partial charge in [-0.3, -0.25) is 19.3 Å². The molecule has 2 aliphatic rings. The molecule has 3 rings (SSSR count). The van der Waals surface area contributed by atoms with E-state index >= 15 is 0 Å². The van der Waals surface area contributed by atoms with Gasteiger partial charge in [-0.05, 0) is 12.1 Å². The Kier molecular flexibility index (Phi) is 6.23. The van der Waals surface area contributed by atoms with Crippen LogP contribution in [0.15, 0.2) is 24.3 Å². The number of nitrogens with zero attached hydrogens (tertiary/aromatic N) is 1. The number of quaternary nitrogens is 1. The first-order valence-electron chi connectivity index (χ1n) is 9.62. The van der Waals surface area contributed by atoms with E-state index in [1.807, 2.05) is 0 Å². The van der Waals surface area contributed by atoms with Crippen molar-refractivity contribution in [3.63, 3.8) is 0 Å². The van der Waals surface area contributed by atoms with E-state index in [-0.39, 0.29) is 36.8 Å². The van der Waals surface area contributed by atoms with E-state index < -0.39 is 0 Å². The van der Waals surface area contributed by atoms with Gasteiger partial charge in [0.25, 0.3) is 11.8 Å². The number of rotatable bonds is 7. The first-order chi connectivity index (χ1) is 13.0. The zero-order chi connectivity index (χ0) is 19.4. The highest BCUT2D eigenvalue weighted by molar-refractivity contribution is 6.21. The molecule has 1 aromatic rings. The highest BCUT2D eigenvalue weighted by Crippen LogP contribution is 2.22. The average molecular weight is 374 g/mol. The van der Waals surface area contributed by atoms with Crippen molar-refractivity contribution in [1.29, 1.82) is 0 Å². The number of imide groups is 1. The molecule has 1 fully saturated rings. The zero-order valence-corrected chi connectivity index (χ0v) is 16.0. The summed E-state index contributed by atoms with van der Waals surface area (Å²) in [4.78, 5) is 39.4. The van der Waals surface area contributed by atoms with Crippen LogP contribution in [0.2, 0.25) is 0 Å². The third kappa shape index (κ3) is 4.73. The molecule has 0 spiro atoms. The van der Waals surface area contributed by atoms with Crippen molar-refractivity contribution < 1.29 is 24.0 Å². The molecule has 7 heteroatoms. The van der Waals surface area contributed by atoms with Gasteiger partial charge in [-0.25, -0.2) is 0 Å². The summed E-state index contributed by atoms with van der Waals surface area (Å²) < 4.78 is 5.74. The van der Waals surface area contributed by atoms with E-state index in [9.17, 15) is 14.4 Å². The monoisotopic (exact) mass is 374 g/mol. The van der Waals surface area contributed by atoms with Crippen LogP contribution >= 0.6 is 0 Å². The first kappa shape index (κ1) is 19.5. The van der Waals surface area contributed by atoms with Crippen LogP contribution in [-0.2, 0) is 9.53 Å². The lowest BCUT2D eigenvalue weighted by Crippen LogP contribution is -3.15. The van der Waals surface area contributed by atoms with Gasteiger partial charge < -0.3 is 15.0 Å². The number of fused-ring (bicyclic) bond motifs is 1. The Morgan fingerprint density at radius 3 is 2.56 bits per heavy atom. The number of nitrogens with one attached hydrogen (secondary N) is 2. The lowest BCUT2D eigenvalue weighted by molar-refractivity contribution is -0.914. The van der Waals surface area contributed by atoms with Crippen molar-refractivity contribution in [2.24, 2.45) is 5.92 Å². The molecule has 27 heavy (non-hydrogen) atoms. The van der Waals surface area contributed by atoms with Crippen LogP contribution in [0.4, 0.5) is 0 Å². The lowest BCUT2D eigenvalue weighted by Gasteiger charge is -2.31. The Balaban J connectivity index is 1.43. The summed E-state index contributed by atoms with van der Waals surface area (Å²) in [7, 11) is 0. The van der Waals surface area contributed by atoms with Gasteiger partial charge >= 0.3 is 0 Å². The Hall–Kier alpha value is -2.25. The van der Waals surface area contributed by atoms with E-state index in [1.165, 1.54) is 4.90 Å². The summed E-state index contributed by atoms with van der Waals surface area (Å²) in [5.74, 6) is -0.196. The van der Waals surface area contributed by atoms with Crippen LogP contribution in [0, 0.1) is 5.92 Å². The van der Waals surface area contributed by atoms with Gasteiger partial charge in [0.1, 0.15) is 19.2 Å². The molecule has 1 saturated heterocycles. The molecule has 1 aromatic carbocycles. The molecule has 0 radical (unpaired) electrons. The molecule has 2 aliphatic heterocycles. The number of ether oxygens (including phenoxy) is 1. The van der Waals surface area contributed by atoms with Gasteiger partial charge in [-0.1, -0.05) is 26.0 Å². The second kappa shape index (κ2) is 8.63. The molecule has 0 aliphatic carbocycles. The molecular weight excluding hydrogens is 346 g/mol. The average Bonchev–Trinajstić information content (AvgIpc) is 2.89. The second-order valence-electron chi connectivity index (χ2n) is 7.66. The van der Waals surface area contributed by atoms with Crippen molar-refractivity contribution in [3.05, 3.63) is 35.4 Å². The number of carbonyl (C=O) groups excluding carboxylic acids is 3. The number of benzene rings is 1. The van der Waals surface area contributed by atoms with Gasteiger partial charge in [0.2, 0.25) is 5.91 Å².